The molecule has 2 aromatic carbocycles. The van der Waals surface area contributed by atoms with E-state index in [1.165, 1.54) is 0 Å². The number of imidazole rings is 2. The molecular weight excluding hydrogens is 683 g/mol. The predicted octanol–water partition coefficient (Wildman–Crippen LogP) is 6.87. The molecule has 13 nitrogen and oxygen atoms in total. The zero-order chi connectivity index (χ0) is 38.0. The van der Waals surface area contributed by atoms with Crippen LogP contribution in [0.3, 0.4) is 0 Å². The van der Waals surface area contributed by atoms with Gasteiger partial charge < -0.3 is 35.6 Å². The first-order valence-corrected chi connectivity index (χ1v) is 18.6. The number of ether oxygens (including phenoxy) is 1. The summed E-state index contributed by atoms with van der Waals surface area (Å²) >= 11 is 0. The summed E-state index contributed by atoms with van der Waals surface area (Å²) in [5.41, 5.74) is 10.5. The van der Waals surface area contributed by atoms with Crippen LogP contribution in [0.15, 0.2) is 85.5 Å². The van der Waals surface area contributed by atoms with Crippen molar-refractivity contribution in [3.8, 4) is 33.6 Å². The molecule has 5 N–H and O–H groups in total. The molecule has 1 unspecified atom stereocenters. The molecular formula is C41H47N9O4. The maximum absolute atomic E-state index is 13.8. The molecule has 3 amide bonds. The Labute approximate surface area is 314 Å². The van der Waals surface area contributed by atoms with E-state index in [2.05, 4.69) is 75.5 Å². The number of nitrogens with one attached hydrogen (secondary N) is 3. The summed E-state index contributed by atoms with van der Waals surface area (Å²) in [6.07, 6.45) is 9.47. The summed E-state index contributed by atoms with van der Waals surface area (Å²) in [6, 6.07) is 19.7. The third-order valence-electron chi connectivity index (χ3n) is 10.4. The highest BCUT2D eigenvalue weighted by atomic mass is 16.6. The quantitative estimate of drug-likeness (QED) is 0.114. The fraction of sp³-hybridized carbons (Fsp3) is 0.366. The molecule has 3 aromatic heterocycles. The van der Waals surface area contributed by atoms with Gasteiger partial charge in [-0.1, -0.05) is 62.4 Å². The van der Waals surface area contributed by atoms with E-state index in [1.807, 2.05) is 35.4 Å². The summed E-state index contributed by atoms with van der Waals surface area (Å²) in [5, 5.41) is 3.40. The third-order valence-corrected chi connectivity index (χ3v) is 10.4. The summed E-state index contributed by atoms with van der Waals surface area (Å²) < 4.78 is 5.10. The van der Waals surface area contributed by atoms with Gasteiger partial charge in [-0.25, -0.2) is 14.8 Å². The number of carbonyl (C=O) groups is 3. The van der Waals surface area contributed by atoms with E-state index in [1.54, 1.807) is 37.3 Å². The van der Waals surface area contributed by atoms with Crippen LogP contribution >= 0.6 is 0 Å². The number of rotatable bonds is 11. The molecule has 280 valence electrons. The van der Waals surface area contributed by atoms with Gasteiger partial charge in [-0.15, -0.1) is 0 Å². The summed E-state index contributed by atoms with van der Waals surface area (Å²) in [5.74, 6) is 1.36. The van der Waals surface area contributed by atoms with Crippen molar-refractivity contribution < 1.29 is 19.1 Å². The van der Waals surface area contributed by atoms with E-state index in [0.29, 0.717) is 18.9 Å². The van der Waals surface area contributed by atoms with Gasteiger partial charge in [-0.3, -0.25) is 14.6 Å². The van der Waals surface area contributed by atoms with E-state index in [-0.39, 0.29) is 35.9 Å². The van der Waals surface area contributed by atoms with Crippen molar-refractivity contribution >= 4 is 23.6 Å². The summed E-state index contributed by atoms with van der Waals surface area (Å²) in [4.78, 5) is 62.6. The molecule has 5 aromatic rings. The Morgan fingerprint density at radius 1 is 0.796 bits per heavy atom. The SMILES string of the molecule is CC(C)[C@H](Nc1cccnc1)C(=O)N1CCCC1c1ncc(-c2ccc(-c3ccc(-c4cnc([C@@H]5CCCN5C(=O)C(C)(C)OC(N)=O)[nH]4)cc3)cc2)[nH]1. The van der Waals surface area contributed by atoms with Crippen LogP contribution in [-0.4, -0.2) is 77.4 Å². The molecule has 0 aliphatic carbocycles. The lowest BCUT2D eigenvalue weighted by Gasteiger charge is -2.31. The Hall–Kier alpha value is -5.98. The smallest absolute Gasteiger partial charge is 0.405 e. The highest BCUT2D eigenvalue weighted by molar-refractivity contribution is 5.87. The maximum atomic E-state index is 13.8. The number of hydrogen-bond donors (Lipinski definition) is 4. The number of aromatic nitrogens is 5. The topological polar surface area (TPSA) is 175 Å². The molecule has 0 saturated carbocycles. The Kier molecular flexibility index (Phi) is 10.2. The first-order valence-electron chi connectivity index (χ1n) is 18.6. The van der Waals surface area contributed by atoms with Crippen molar-refractivity contribution in [2.75, 3.05) is 18.4 Å². The van der Waals surface area contributed by atoms with Crippen LogP contribution in [0.4, 0.5) is 10.5 Å². The van der Waals surface area contributed by atoms with Gasteiger partial charge in [-0.05, 0) is 79.8 Å². The van der Waals surface area contributed by atoms with E-state index in [4.69, 9.17) is 15.5 Å². The largest absolute Gasteiger partial charge is 0.434 e. The lowest BCUT2D eigenvalue weighted by molar-refractivity contribution is -0.149. The number of primary amides is 1. The third kappa shape index (κ3) is 7.57. The van der Waals surface area contributed by atoms with Crippen molar-refractivity contribution in [3.63, 3.8) is 0 Å². The standard InChI is InChI=1S/C41H47N9O4/c1-25(2)35(46-30-8-5-19-43-22-30)38(51)49-20-6-9-33(49)36-44-23-31(47-36)28-15-11-26(12-16-28)27-13-17-29(18-14-27)32-24-45-37(48-32)34-10-7-21-50(34)39(52)41(3,4)54-40(42)53/h5,8,11-19,22-25,33-35,46H,6-7,9-10,20-21H2,1-4H3,(H2,42,53)(H,44,47)(H,45,48)/t33?,34-,35-/m0/s1. The van der Waals surface area contributed by atoms with E-state index in [0.717, 1.165) is 70.8 Å². The highest BCUT2D eigenvalue weighted by Crippen LogP contribution is 2.36. The number of likely N-dealkylation sites (tertiary alicyclic amines) is 2. The molecule has 3 atom stereocenters. The van der Waals surface area contributed by atoms with E-state index >= 15 is 0 Å². The Morgan fingerprint density at radius 3 is 1.81 bits per heavy atom. The number of amides is 3. The minimum atomic E-state index is -1.37. The Balaban J connectivity index is 1.00. The van der Waals surface area contributed by atoms with Gasteiger partial charge in [0, 0.05) is 25.5 Å². The van der Waals surface area contributed by atoms with Crippen LogP contribution in [0.5, 0.6) is 0 Å². The van der Waals surface area contributed by atoms with Crippen molar-refractivity contribution in [1.82, 2.24) is 34.7 Å². The van der Waals surface area contributed by atoms with Gasteiger partial charge in [0.2, 0.25) is 5.91 Å². The number of aromatic amines is 2. The van der Waals surface area contributed by atoms with Crippen molar-refractivity contribution in [2.24, 2.45) is 11.7 Å². The number of anilines is 1. The molecule has 13 heteroatoms. The molecule has 0 spiro atoms. The second-order valence-corrected chi connectivity index (χ2v) is 14.9. The normalized spacial score (nSPS) is 17.9. The van der Waals surface area contributed by atoms with Crippen LogP contribution in [0, 0.1) is 5.92 Å². The van der Waals surface area contributed by atoms with E-state index in [9.17, 15) is 14.4 Å². The number of hydrogen-bond acceptors (Lipinski definition) is 8. The van der Waals surface area contributed by atoms with E-state index < -0.39 is 11.7 Å². The minimum absolute atomic E-state index is 0.0722. The zero-order valence-electron chi connectivity index (χ0n) is 31.1. The Morgan fingerprint density at radius 2 is 1.31 bits per heavy atom. The van der Waals surface area contributed by atoms with Gasteiger partial charge in [0.25, 0.3) is 5.91 Å². The average molecular weight is 730 g/mol. The fourth-order valence-corrected chi connectivity index (χ4v) is 7.56. The molecule has 2 fully saturated rings. The highest BCUT2D eigenvalue weighted by Gasteiger charge is 2.42. The molecule has 5 heterocycles. The first kappa shape index (κ1) is 36.4. The second kappa shape index (κ2) is 15.2. The molecule has 0 radical (unpaired) electrons. The summed E-state index contributed by atoms with van der Waals surface area (Å²) in [7, 11) is 0. The lowest BCUT2D eigenvalue weighted by Crippen LogP contribution is -2.48. The number of H-pyrrole nitrogens is 2. The average Bonchev–Trinajstić information content (AvgIpc) is 4.00. The van der Waals surface area contributed by atoms with Gasteiger partial charge in [0.1, 0.15) is 17.7 Å². The van der Waals surface area contributed by atoms with Crippen molar-refractivity contribution in [2.45, 2.75) is 77.1 Å². The lowest BCUT2D eigenvalue weighted by atomic mass is 10.0. The zero-order valence-corrected chi connectivity index (χ0v) is 31.1. The van der Waals surface area contributed by atoms with Gasteiger partial charge in [0.05, 0.1) is 41.6 Å². The predicted molar refractivity (Wildman–Crippen MR) is 206 cm³/mol. The fourth-order valence-electron chi connectivity index (χ4n) is 7.56. The maximum Gasteiger partial charge on any atom is 0.405 e. The molecule has 2 aliphatic heterocycles. The Bertz CT molecular complexity index is 2090. The number of pyridine rings is 1. The van der Waals surface area contributed by atoms with Crippen LogP contribution in [-0.2, 0) is 14.3 Å². The molecule has 54 heavy (non-hydrogen) atoms. The molecule has 2 saturated heterocycles. The second-order valence-electron chi connectivity index (χ2n) is 14.9. The summed E-state index contributed by atoms with van der Waals surface area (Å²) in [6.45, 7) is 8.45. The number of benzene rings is 2. The molecule has 0 bridgehead atoms. The van der Waals surface area contributed by atoms with Gasteiger partial charge in [0.15, 0.2) is 5.60 Å². The van der Waals surface area contributed by atoms with Crippen molar-refractivity contribution in [1.29, 1.82) is 0 Å². The monoisotopic (exact) mass is 729 g/mol. The van der Waals surface area contributed by atoms with Gasteiger partial charge in [-0.2, -0.15) is 0 Å². The van der Waals surface area contributed by atoms with Crippen molar-refractivity contribution in [3.05, 3.63) is 97.1 Å². The number of nitrogens with zero attached hydrogens (tertiary/aromatic N) is 5. The van der Waals surface area contributed by atoms with Crippen LogP contribution < -0.4 is 11.1 Å². The molecule has 2 aliphatic rings. The molecule has 7 rings (SSSR count). The van der Waals surface area contributed by atoms with Crippen LogP contribution in [0.25, 0.3) is 33.6 Å². The number of nitrogens with two attached hydrogens (primary N) is 1. The first-order chi connectivity index (χ1) is 26.0. The van der Waals surface area contributed by atoms with Crippen LogP contribution in [0.1, 0.15) is 77.1 Å². The van der Waals surface area contributed by atoms with Crippen LogP contribution in [0.2, 0.25) is 0 Å². The van der Waals surface area contributed by atoms with Gasteiger partial charge >= 0.3 is 6.09 Å². The minimum Gasteiger partial charge on any atom is -0.434 e. The number of carbonyl (C=O) groups excluding carboxylic acids is 3.